The summed E-state index contributed by atoms with van der Waals surface area (Å²) in [6.45, 7) is 2.72. The predicted octanol–water partition coefficient (Wildman–Crippen LogP) is 3.31. The van der Waals surface area contributed by atoms with E-state index in [1.807, 2.05) is 72.0 Å². The normalized spacial score (nSPS) is 20.8. The Balaban J connectivity index is 1.65. The van der Waals surface area contributed by atoms with E-state index in [2.05, 4.69) is 12.2 Å². The number of nitrogens with one attached hydrogen (secondary N) is 1. The molecular weight excluding hydrogens is 336 g/mol. The fraction of sp³-hybridized carbons (Fsp3) is 0.391. The third-order valence-electron chi connectivity index (χ3n) is 5.10. The summed E-state index contributed by atoms with van der Waals surface area (Å²) < 4.78 is 0. The molecular formula is C23H29N2O2. The van der Waals surface area contributed by atoms with Crippen LogP contribution in [0.15, 0.2) is 60.7 Å². The Bertz CT molecular complexity index is 705. The second-order valence-corrected chi connectivity index (χ2v) is 7.17. The van der Waals surface area contributed by atoms with Crippen LogP contribution in [-0.4, -0.2) is 34.2 Å². The third-order valence-corrected chi connectivity index (χ3v) is 5.10. The molecule has 1 heterocycles. The highest BCUT2D eigenvalue weighted by atomic mass is 16.3. The van der Waals surface area contributed by atoms with Crippen molar-refractivity contribution in [2.45, 2.75) is 57.5 Å². The third kappa shape index (κ3) is 5.18. The molecule has 3 atom stereocenters. The summed E-state index contributed by atoms with van der Waals surface area (Å²) in [6.07, 6.45) is 4.67. The second-order valence-electron chi connectivity index (χ2n) is 7.17. The lowest BCUT2D eigenvalue weighted by Gasteiger charge is -2.24. The van der Waals surface area contributed by atoms with Crippen LogP contribution in [0.25, 0.3) is 0 Å². The molecule has 27 heavy (non-hydrogen) atoms. The molecule has 0 unspecified atom stereocenters. The van der Waals surface area contributed by atoms with Gasteiger partial charge in [0, 0.05) is 6.54 Å². The SMILES string of the molecule is CCCC[C@H]1N[C@@H]([C@H](O)[CH]Cc2ccccc2)C(=O)N1Cc1ccccc1. The summed E-state index contributed by atoms with van der Waals surface area (Å²) in [6, 6.07) is 19.5. The van der Waals surface area contributed by atoms with E-state index in [0.717, 1.165) is 30.4 Å². The van der Waals surface area contributed by atoms with E-state index in [1.54, 1.807) is 0 Å². The molecule has 2 aromatic rings. The monoisotopic (exact) mass is 365 g/mol. The van der Waals surface area contributed by atoms with Crippen molar-refractivity contribution in [2.24, 2.45) is 0 Å². The first-order valence-corrected chi connectivity index (χ1v) is 9.85. The molecule has 1 saturated heterocycles. The summed E-state index contributed by atoms with van der Waals surface area (Å²) in [4.78, 5) is 14.9. The summed E-state index contributed by atoms with van der Waals surface area (Å²) in [5.41, 5.74) is 2.24. The molecule has 1 aliphatic heterocycles. The van der Waals surface area contributed by atoms with Gasteiger partial charge < -0.3 is 10.0 Å². The van der Waals surface area contributed by atoms with Gasteiger partial charge in [0.25, 0.3) is 0 Å². The summed E-state index contributed by atoms with van der Waals surface area (Å²) in [5.74, 6) is -0.0169. The lowest BCUT2D eigenvalue weighted by atomic mass is 10.0. The van der Waals surface area contributed by atoms with Crippen LogP contribution in [0.3, 0.4) is 0 Å². The van der Waals surface area contributed by atoms with Crippen LogP contribution in [0.1, 0.15) is 37.3 Å². The van der Waals surface area contributed by atoms with Crippen LogP contribution in [0, 0.1) is 6.42 Å². The Kier molecular flexibility index (Phi) is 7.02. The van der Waals surface area contributed by atoms with Gasteiger partial charge in [0.05, 0.1) is 12.3 Å². The molecule has 4 nitrogen and oxygen atoms in total. The van der Waals surface area contributed by atoms with Crippen LogP contribution in [0.2, 0.25) is 0 Å². The topological polar surface area (TPSA) is 52.6 Å². The van der Waals surface area contributed by atoms with Gasteiger partial charge in [0.15, 0.2) is 0 Å². The Hall–Kier alpha value is -2.17. The molecule has 2 N–H and O–H groups in total. The molecule has 1 aliphatic rings. The van der Waals surface area contributed by atoms with Crippen molar-refractivity contribution in [2.75, 3.05) is 0 Å². The number of hydrogen-bond acceptors (Lipinski definition) is 3. The van der Waals surface area contributed by atoms with E-state index in [1.165, 1.54) is 0 Å². The molecule has 143 valence electrons. The van der Waals surface area contributed by atoms with Gasteiger partial charge >= 0.3 is 0 Å². The summed E-state index contributed by atoms with van der Waals surface area (Å²) in [5, 5.41) is 14.0. The van der Waals surface area contributed by atoms with Crippen molar-refractivity contribution in [3.05, 3.63) is 78.2 Å². The van der Waals surface area contributed by atoms with Crippen molar-refractivity contribution in [3.63, 3.8) is 0 Å². The maximum absolute atomic E-state index is 13.0. The zero-order valence-electron chi connectivity index (χ0n) is 15.9. The number of hydrogen-bond donors (Lipinski definition) is 2. The fourth-order valence-electron chi connectivity index (χ4n) is 3.56. The summed E-state index contributed by atoms with van der Waals surface area (Å²) in [7, 11) is 0. The van der Waals surface area contributed by atoms with Crippen LogP contribution < -0.4 is 5.32 Å². The van der Waals surface area contributed by atoms with Crippen molar-refractivity contribution in [1.82, 2.24) is 10.2 Å². The van der Waals surface area contributed by atoms with E-state index in [0.29, 0.717) is 13.0 Å². The van der Waals surface area contributed by atoms with E-state index >= 15 is 0 Å². The summed E-state index contributed by atoms with van der Waals surface area (Å²) >= 11 is 0. The molecule has 4 heteroatoms. The first kappa shape index (κ1) is 19.6. The number of unbranched alkanes of at least 4 members (excludes halogenated alkanes) is 1. The molecule has 0 bridgehead atoms. The van der Waals surface area contributed by atoms with Crippen LogP contribution in [0.5, 0.6) is 0 Å². The van der Waals surface area contributed by atoms with Gasteiger partial charge in [0.2, 0.25) is 5.91 Å². The van der Waals surface area contributed by atoms with Crippen molar-refractivity contribution >= 4 is 5.91 Å². The average molecular weight is 365 g/mol. The van der Waals surface area contributed by atoms with Crippen LogP contribution >= 0.6 is 0 Å². The molecule has 0 aromatic heterocycles. The standard InChI is InChI=1S/C23H29N2O2/c1-2-3-14-21-24-22(20(26)16-15-18-10-6-4-7-11-18)23(27)25(21)17-19-12-8-5-9-13-19/h4-13,16,20-22,24,26H,2-3,14-15,17H2,1H3/t20-,21+,22+/m1/s1. The number of amides is 1. The number of rotatable bonds is 9. The predicted molar refractivity (Wildman–Crippen MR) is 108 cm³/mol. The van der Waals surface area contributed by atoms with Gasteiger partial charge in [-0.25, -0.2) is 0 Å². The van der Waals surface area contributed by atoms with E-state index in [9.17, 15) is 9.90 Å². The molecule has 1 fully saturated rings. The minimum atomic E-state index is -0.803. The van der Waals surface area contributed by atoms with Crippen LogP contribution in [0.4, 0.5) is 0 Å². The van der Waals surface area contributed by atoms with Gasteiger partial charge in [0.1, 0.15) is 6.04 Å². The quantitative estimate of drug-likeness (QED) is 0.717. The molecule has 0 spiro atoms. The van der Waals surface area contributed by atoms with E-state index in [-0.39, 0.29) is 12.1 Å². The Morgan fingerprint density at radius 1 is 1.07 bits per heavy atom. The average Bonchev–Trinajstić information content (AvgIpc) is 3.02. The zero-order valence-corrected chi connectivity index (χ0v) is 15.9. The van der Waals surface area contributed by atoms with Gasteiger partial charge in [-0.2, -0.15) is 0 Å². The number of aliphatic hydroxyl groups excluding tert-OH is 1. The highest BCUT2D eigenvalue weighted by molar-refractivity contribution is 5.85. The zero-order chi connectivity index (χ0) is 19.1. The maximum Gasteiger partial charge on any atom is 0.244 e. The van der Waals surface area contributed by atoms with Gasteiger partial charge in [-0.1, -0.05) is 80.4 Å². The van der Waals surface area contributed by atoms with E-state index in [4.69, 9.17) is 0 Å². The van der Waals surface area contributed by atoms with Crippen molar-refractivity contribution in [1.29, 1.82) is 0 Å². The van der Waals surface area contributed by atoms with Gasteiger partial charge in [-0.3, -0.25) is 10.1 Å². The lowest BCUT2D eigenvalue weighted by Crippen LogP contribution is -2.42. The molecule has 1 radical (unpaired) electrons. The maximum atomic E-state index is 13.0. The molecule has 2 aromatic carbocycles. The molecule has 0 saturated carbocycles. The Morgan fingerprint density at radius 3 is 2.33 bits per heavy atom. The largest absolute Gasteiger partial charge is 0.391 e. The number of nitrogens with zero attached hydrogens (tertiary/aromatic N) is 1. The fourth-order valence-corrected chi connectivity index (χ4v) is 3.56. The highest BCUT2D eigenvalue weighted by Crippen LogP contribution is 2.22. The highest BCUT2D eigenvalue weighted by Gasteiger charge is 2.41. The second kappa shape index (κ2) is 9.67. The number of carbonyl (C=O) groups excluding carboxylic acids is 1. The van der Waals surface area contributed by atoms with Crippen molar-refractivity contribution < 1.29 is 9.90 Å². The van der Waals surface area contributed by atoms with Crippen LogP contribution in [-0.2, 0) is 17.8 Å². The number of aliphatic hydroxyl groups is 1. The first-order valence-electron chi connectivity index (χ1n) is 9.85. The Labute approximate surface area is 162 Å². The van der Waals surface area contributed by atoms with Gasteiger partial charge in [-0.15, -0.1) is 0 Å². The lowest BCUT2D eigenvalue weighted by molar-refractivity contribution is -0.132. The molecule has 1 amide bonds. The van der Waals surface area contributed by atoms with Gasteiger partial charge in [-0.05, 0) is 30.4 Å². The first-order chi connectivity index (χ1) is 13.2. The number of benzene rings is 2. The minimum absolute atomic E-state index is 0.0169. The van der Waals surface area contributed by atoms with Crippen molar-refractivity contribution in [3.8, 4) is 0 Å². The molecule has 3 rings (SSSR count). The number of carbonyl (C=O) groups is 1. The smallest absolute Gasteiger partial charge is 0.244 e. The molecule has 0 aliphatic carbocycles. The minimum Gasteiger partial charge on any atom is -0.391 e. The van der Waals surface area contributed by atoms with E-state index < -0.39 is 12.1 Å². The Morgan fingerprint density at radius 2 is 1.70 bits per heavy atom.